The molecule has 0 radical (unpaired) electrons. The Hall–Kier alpha value is -2.59. The molecule has 1 unspecified atom stereocenters. The third-order valence-electron chi connectivity index (χ3n) is 4.42. The highest BCUT2D eigenvalue weighted by Crippen LogP contribution is 2.26. The number of fused-ring (bicyclic) bond motifs is 1. The first-order chi connectivity index (χ1) is 11.9. The topological polar surface area (TPSA) is 39.1 Å². The number of aromatic nitrogens is 2. The van der Waals surface area contributed by atoms with Crippen molar-refractivity contribution in [2.24, 2.45) is 5.92 Å². The van der Waals surface area contributed by atoms with Crippen molar-refractivity contribution in [2.75, 3.05) is 13.2 Å². The van der Waals surface area contributed by atoms with E-state index in [1.807, 2.05) is 23.0 Å². The lowest BCUT2D eigenvalue weighted by Crippen LogP contribution is -2.31. The molecule has 3 aromatic rings. The van der Waals surface area contributed by atoms with Gasteiger partial charge in [-0.2, -0.15) is 5.10 Å². The molecule has 4 heteroatoms. The third-order valence-corrected chi connectivity index (χ3v) is 4.42. The van der Waals surface area contributed by atoms with Crippen LogP contribution in [0.4, 0.5) is 0 Å². The summed E-state index contributed by atoms with van der Waals surface area (Å²) in [6.45, 7) is 2.63. The van der Waals surface area contributed by atoms with Crippen molar-refractivity contribution in [3.8, 4) is 11.4 Å². The molecule has 4 nitrogen and oxygen atoms in total. The van der Waals surface area contributed by atoms with E-state index in [-0.39, 0.29) is 0 Å². The third kappa shape index (κ3) is 3.34. The van der Waals surface area contributed by atoms with Crippen LogP contribution in [0.1, 0.15) is 11.1 Å². The van der Waals surface area contributed by atoms with Crippen LogP contribution in [0.25, 0.3) is 5.69 Å². The first kappa shape index (κ1) is 15.0. The van der Waals surface area contributed by atoms with Crippen LogP contribution in [0, 0.1) is 5.92 Å². The highest BCUT2D eigenvalue weighted by Gasteiger charge is 2.18. The lowest BCUT2D eigenvalue weighted by Gasteiger charge is -2.25. The van der Waals surface area contributed by atoms with Gasteiger partial charge < -0.3 is 10.1 Å². The molecule has 1 N–H and O–H groups in total. The summed E-state index contributed by atoms with van der Waals surface area (Å²) in [4.78, 5) is 0. The van der Waals surface area contributed by atoms with Crippen molar-refractivity contribution < 1.29 is 4.74 Å². The van der Waals surface area contributed by atoms with Crippen LogP contribution < -0.4 is 10.1 Å². The molecule has 0 amide bonds. The highest BCUT2D eigenvalue weighted by atomic mass is 16.5. The number of hydrogen-bond donors (Lipinski definition) is 1. The Bertz CT molecular complexity index is 781. The van der Waals surface area contributed by atoms with Gasteiger partial charge in [-0.3, -0.25) is 0 Å². The molecule has 122 valence electrons. The number of benzene rings is 2. The number of nitrogens with one attached hydrogen (secondary N) is 1. The fourth-order valence-corrected chi connectivity index (χ4v) is 3.13. The standard InChI is InChI=1S/C20H21N3O/c1-2-5-20-18(4-1)12-17(15-24-20)14-21-13-16-6-8-19(9-7-16)23-11-3-10-22-23/h1-11,17,21H,12-15H2. The average molecular weight is 319 g/mol. The maximum atomic E-state index is 5.85. The van der Waals surface area contributed by atoms with Crippen LogP contribution >= 0.6 is 0 Å². The van der Waals surface area contributed by atoms with Crippen molar-refractivity contribution in [3.05, 3.63) is 78.1 Å². The number of rotatable bonds is 5. The molecule has 24 heavy (non-hydrogen) atoms. The summed E-state index contributed by atoms with van der Waals surface area (Å²) in [5.41, 5.74) is 3.68. The van der Waals surface area contributed by atoms with Crippen molar-refractivity contribution in [2.45, 2.75) is 13.0 Å². The van der Waals surface area contributed by atoms with Gasteiger partial charge in [-0.15, -0.1) is 0 Å². The molecule has 0 spiro atoms. The zero-order chi connectivity index (χ0) is 16.2. The molecule has 1 aromatic heterocycles. The first-order valence-electron chi connectivity index (χ1n) is 8.39. The van der Waals surface area contributed by atoms with Crippen LogP contribution in [0.15, 0.2) is 67.0 Å². The van der Waals surface area contributed by atoms with Gasteiger partial charge in [0.2, 0.25) is 0 Å². The number of para-hydroxylation sites is 1. The van der Waals surface area contributed by atoms with E-state index in [1.54, 1.807) is 6.20 Å². The van der Waals surface area contributed by atoms with Crippen molar-refractivity contribution in [1.82, 2.24) is 15.1 Å². The van der Waals surface area contributed by atoms with E-state index in [0.29, 0.717) is 5.92 Å². The fraction of sp³-hybridized carbons (Fsp3) is 0.250. The second kappa shape index (κ2) is 6.89. The Kier molecular flexibility index (Phi) is 4.30. The smallest absolute Gasteiger partial charge is 0.122 e. The van der Waals surface area contributed by atoms with E-state index in [0.717, 1.165) is 37.6 Å². The summed E-state index contributed by atoms with van der Waals surface area (Å²) < 4.78 is 7.72. The van der Waals surface area contributed by atoms with Crippen LogP contribution in [0.5, 0.6) is 5.75 Å². The normalized spacial score (nSPS) is 16.4. The molecule has 0 aliphatic carbocycles. The summed E-state index contributed by atoms with van der Waals surface area (Å²) in [7, 11) is 0. The predicted octanol–water partition coefficient (Wildman–Crippen LogP) is 3.21. The molecular formula is C20H21N3O. The van der Waals surface area contributed by atoms with Gasteiger partial charge in [0.15, 0.2) is 0 Å². The minimum atomic E-state index is 0.531. The summed E-state index contributed by atoms with van der Waals surface area (Å²) in [5, 5.41) is 7.80. The fourth-order valence-electron chi connectivity index (χ4n) is 3.13. The molecule has 2 heterocycles. The van der Waals surface area contributed by atoms with E-state index >= 15 is 0 Å². The largest absolute Gasteiger partial charge is 0.493 e. The Labute approximate surface area is 142 Å². The zero-order valence-electron chi connectivity index (χ0n) is 13.6. The summed E-state index contributed by atoms with van der Waals surface area (Å²) in [6, 6.07) is 18.8. The first-order valence-corrected chi connectivity index (χ1v) is 8.39. The van der Waals surface area contributed by atoms with Crippen LogP contribution in [-0.2, 0) is 13.0 Å². The molecular weight excluding hydrogens is 298 g/mol. The van der Waals surface area contributed by atoms with Gasteiger partial charge >= 0.3 is 0 Å². The second-order valence-corrected chi connectivity index (χ2v) is 6.24. The minimum Gasteiger partial charge on any atom is -0.493 e. The lowest BCUT2D eigenvalue weighted by atomic mass is 9.97. The molecule has 0 saturated heterocycles. The van der Waals surface area contributed by atoms with Crippen molar-refractivity contribution >= 4 is 0 Å². The Morgan fingerprint density at radius 3 is 2.79 bits per heavy atom. The Morgan fingerprint density at radius 2 is 1.96 bits per heavy atom. The summed E-state index contributed by atoms with van der Waals surface area (Å²) in [6.07, 6.45) is 4.83. The van der Waals surface area contributed by atoms with Crippen molar-refractivity contribution in [3.63, 3.8) is 0 Å². The maximum absolute atomic E-state index is 5.85. The van der Waals surface area contributed by atoms with E-state index in [4.69, 9.17) is 4.74 Å². The lowest BCUT2D eigenvalue weighted by molar-refractivity contribution is 0.218. The zero-order valence-corrected chi connectivity index (χ0v) is 13.6. The molecule has 0 saturated carbocycles. The van der Waals surface area contributed by atoms with E-state index in [2.05, 4.69) is 52.9 Å². The van der Waals surface area contributed by atoms with Gasteiger partial charge in [-0.25, -0.2) is 4.68 Å². The van der Waals surface area contributed by atoms with E-state index < -0.39 is 0 Å². The van der Waals surface area contributed by atoms with Gasteiger partial charge in [0.05, 0.1) is 12.3 Å². The molecule has 1 aliphatic heterocycles. The molecule has 0 bridgehead atoms. The van der Waals surface area contributed by atoms with Gasteiger partial charge in [-0.05, 0) is 41.8 Å². The Balaban J connectivity index is 1.29. The van der Waals surface area contributed by atoms with Gasteiger partial charge in [-0.1, -0.05) is 30.3 Å². The monoisotopic (exact) mass is 319 g/mol. The molecule has 0 fully saturated rings. The molecule has 2 aromatic carbocycles. The number of hydrogen-bond acceptors (Lipinski definition) is 3. The predicted molar refractivity (Wildman–Crippen MR) is 94.4 cm³/mol. The van der Waals surface area contributed by atoms with Crippen LogP contribution in [0.2, 0.25) is 0 Å². The van der Waals surface area contributed by atoms with Crippen molar-refractivity contribution in [1.29, 1.82) is 0 Å². The average Bonchev–Trinajstić information content (AvgIpc) is 3.17. The van der Waals surface area contributed by atoms with Gasteiger partial charge in [0.25, 0.3) is 0 Å². The van der Waals surface area contributed by atoms with E-state index in [1.165, 1.54) is 11.1 Å². The molecule has 4 rings (SSSR count). The maximum Gasteiger partial charge on any atom is 0.122 e. The van der Waals surface area contributed by atoms with Gasteiger partial charge in [0, 0.05) is 31.4 Å². The second-order valence-electron chi connectivity index (χ2n) is 6.24. The van der Waals surface area contributed by atoms with E-state index in [9.17, 15) is 0 Å². The van der Waals surface area contributed by atoms with Crippen LogP contribution in [0.3, 0.4) is 0 Å². The van der Waals surface area contributed by atoms with Crippen LogP contribution in [-0.4, -0.2) is 22.9 Å². The highest BCUT2D eigenvalue weighted by molar-refractivity contribution is 5.35. The summed E-state index contributed by atoms with van der Waals surface area (Å²) in [5.74, 6) is 1.58. The molecule has 1 atom stereocenters. The number of ether oxygens (including phenoxy) is 1. The SMILES string of the molecule is c1ccc2c(c1)CC(CNCc1ccc(-n3cccn3)cc1)CO2. The quantitative estimate of drug-likeness (QED) is 0.785. The van der Waals surface area contributed by atoms with Gasteiger partial charge in [0.1, 0.15) is 5.75 Å². The summed E-state index contributed by atoms with van der Waals surface area (Å²) >= 11 is 0. The minimum absolute atomic E-state index is 0.531. The Morgan fingerprint density at radius 1 is 1.08 bits per heavy atom. The number of nitrogens with zero attached hydrogens (tertiary/aromatic N) is 2. The molecule has 1 aliphatic rings.